The maximum absolute atomic E-state index is 15.2. The van der Waals surface area contributed by atoms with Crippen LogP contribution in [0.3, 0.4) is 0 Å². The van der Waals surface area contributed by atoms with Crippen LogP contribution in [-0.4, -0.2) is 120 Å². The van der Waals surface area contributed by atoms with Crippen molar-refractivity contribution in [2.75, 3.05) is 48.9 Å². The van der Waals surface area contributed by atoms with Gasteiger partial charge in [0.05, 0.1) is 34.5 Å². The second kappa shape index (κ2) is 19.3. The summed E-state index contributed by atoms with van der Waals surface area (Å²) < 4.78 is 71.9. The Bertz CT molecular complexity index is 3180. The summed E-state index contributed by atoms with van der Waals surface area (Å²) in [5.74, 6) is -1.93. The molecule has 6 heterocycles. The van der Waals surface area contributed by atoms with Crippen LogP contribution in [0.4, 0.5) is 20.2 Å². The Balaban J connectivity index is 0.653. The highest BCUT2D eigenvalue weighted by Crippen LogP contribution is 2.38. The highest BCUT2D eigenvalue weighted by Gasteiger charge is 2.41. The van der Waals surface area contributed by atoms with Crippen LogP contribution in [0.15, 0.2) is 83.9 Å². The third-order valence-corrected chi connectivity index (χ3v) is 16.8. The number of ether oxygens (including phenoxy) is 2. The zero-order valence-electron chi connectivity index (χ0n) is 39.3. The molecule has 0 spiro atoms. The van der Waals surface area contributed by atoms with Crippen molar-refractivity contribution in [3.8, 4) is 23.3 Å². The van der Waals surface area contributed by atoms with E-state index in [4.69, 9.17) is 9.47 Å². The van der Waals surface area contributed by atoms with Crippen molar-refractivity contribution < 1.29 is 41.1 Å². The SMILES string of the molecule is N#Cc1c(NS(=O)(=O)N2CC[C@@H](F)C2)ccc(F)c1Oc1ccc2ncn(-c3ccc(C4CCN([C@H]5C[C@H](OC6CCN(c7ccc8c(c7)CN(C7CCC(=O)NC7=O)C8=O)CC6)C5)CC4)cc3)c(=O)c2c1. The van der Waals surface area contributed by atoms with E-state index in [1.54, 1.807) is 4.90 Å². The number of hydrogen-bond donors (Lipinski definition) is 2. The molecule has 11 rings (SSSR count). The van der Waals surface area contributed by atoms with Gasteiger partial charge in [-0.05, 0) is 142 Å². The molecule has 3 amide bonds. The maximum Gasteiger partial charge on any atom is 0.301 e. The maximum atomic E-state index is 15.2. The molecule has 0 radical (unpaired) electrons. The Morgan fingerprint density at radius 3 is 2.32 bits per heavy atom. The lowest BCUT2D eigenvalue weighted by atomic mass is 9.83. The molecule has 1 saturated carbocycles. The number of piperidine rings is 3. The van der Waals surface area contributed by atoms with Gasteiger partial charge >= 0.3 is 10.2 Å². The summed E-state index contributed by atoms with van der Waals surface area (Å²) in [6.45, 7) is 3.71. The number of likely N-dealkylation sites (tertiary alicyclic amines) is 1. The lowest BCUT2D eigenvalue weighted by Crippen LogP contribution is -2.52. The first-order valence-corrected chi connectivity index (χ1v) is 26.1. The van der Waals surface area contributed by atoms with E-state index in [1.807, 2.05) is 30.3 Å². The first kappa shape index (κ1) is 47.5. The Morgan fingerprint density at radius 1 is 0.833 bits per heavy atom. The Morgan fingerprint density at radius 2 is 1.60 bits per heavy atom. The number of aromatic nitrogens is 2. The number of benzene rings is 4. The van der Waals surface area contributed by atoms with Gasteiger partial charge in [-0.3, -0.25) is 33.8 Å². The Kier molecular flexibility index (Phi) is 12.8. The van der Waals surface area contributed by atoms with Gasteiger partial charge in [0.25, 0.3) is 11.5 Å². The van der Waals surface area contributed by atoms with Crippen LogP contribution in [0, 0.1) is 17.1 Å². The molecule has 2 atom stereocenters. The molecule has 4 aromatic carbocycles. The second-order valence-corrected chi connectivity index (χ2v) is 21.3. The number of amides is 3. The van der Waals surface area contributed by atoms with E-state index in [2.05, 4.69) is 43.0 Å². The van der Waals surface area contributed by atoms with Gasteiger partial charge in [0.15, 0.2) is 11.6 Å². The Hall–Kier alpha value is -6.79. The van der Waals surface area contributed by atoms with Gasteiger partial charge in [0.1, 0.15) is 35.9 Å². The molecule has 5 fully saturated rings. The fourth-order valence-corrected chi connectivity index (χ4v) is 12.4. The van der Waals surface area contributed by atoms with Crippen LogP contribution >= 0.6 is 0 Å². The van der Waals surface area contributed by atoms with Crippen LogP contribution in [0.2, 0.25) is 0 Å². The molecule has 20 heteroatoms. The first-order valence-electron chi connectivity index (χ1n) is 24.6. The minimum atomic E-state index is -4.24. The molecule has 5 aliphatic heterocycles. The van der Waals surface area contributed by atoms with Crippen LogP contribution < -0.4 is 25.2 Å². The zero-order chi connectivity index (χ0) is 49.8. The molecule has 1 unspecified atom stereocenters. The molecule has 0 bridgehead atoms. The summed E-state index contributed by atoms with van der Waals surface area (Å²) in [5, 5.41) is 12.5. The van der Waals surface area contributed by atoms with Gasteiger partial charge in [-0.25, -0.2) is 13.8 Å². The van der Waals surface area contributed by atoms with Crippen molar-refractivity contribution in [1.82, 2.24) is 29.0 Å². The van der Waals surface area contributed by atoms with Crippen LogP contribution in [0.5, 0.6) is 11.5 Å². The number of hydrogen-bond acceptors (Lipinski definition) is 12. The highest BCUT2D eigenvalue weighted by atomic mass is 32.2. The highest BCUT2D eigenvalue weighted by molar-refractivity contribution is 7.90. The van der Waals surface area contributed by atoms with Crippen molar-refractivity contribution in [2.24, 2.45) is 0 Å². The number of fused-ring (bicyclic) bond motifs is 2. The molecule has 4 saturated heterocycles. The summed E-state index contributed by atoms with van der Waals surface area (Å²) in [6.07, 6.45) is 7.19. The van der Waals surface area contributed by atoms with Crippen LogP contribution in [0.25, 0.3) is 16.6 Å². The summed E-state index contributed by atoms with van der Waals surface area (Å²) in [7, 11) is -4.24. The molecule has 1 aromatic heterocycles. The molecular formula is C52H53F2N9O8S. The number of nitriles is 1. The van der Waals surface area contributed by atoms with Gasteiger partial charge in [-0.1, -0.05) is 12.1 Å². The van der Waals surface area contributed by atoms with Crippen molar-refractivity contribution in [3.63, 3.8) is 0 Å². The van der Waals surface area contributed by atoms with E-state index in [0.717, 1.165) is 92.4 Å². The van der Waals surface area contributed by atoms with E-state index in [1.165, 1.54) is 34.7 Å². The minimum Gasteiger partial charge on any atom is -0.453 e. The van der Waals surface area contributed by atoms with Crippen molar-refractivity contribution in [2.45, 2.75) is 101 Å². The summed E-state index contributed by atoms with van der Waals surface area (Å²) in [6, 6.07) is 22.0. The molecular weight excluding hydrogens is 949 g/mol. The predicted molar refractivity (Wildman–Crippen MR) is 261 cm³/mol. The average molecular weight is 1000 g/mol. The van der Waals surface area contributed by atoms with Gasteiger partial charge in [0.2, 0.25) is 11.8 Å². The van der Waals surface area contributed by atoms with Gasteiger partial charge in [0, 0.05) is 56.4 Å². The third kappa shape index (κ3) is 9.30. The van der Waals surface area contributed by atoms with Gasteiger partial charge in [-0.15, -0.1) is 0 Å². The van der Waals surface area contributed by atoms with E-state index in [9.17, 15) is 37.2 Å². The largest absolute Gasteiger partial charge is 0.453 e. The molecule has 1 aliphatic carbocycles. The molecule has 17 nitrogen and oxygen atoms in total. The van der Waals surface area contributed by atoms with Crippen molar-refractivity contribution >= 4 is 50.2 Å². The van der Waals surface area contributed by atoms with Crippen molar-refractivity contribution in [3.05, 3.63) is 118 Å². The lowest BCUT2D eigenvalue weighted by Gasteiger charge is -2.47. The smallest absolute Gasteiger partial charge is 0.301 e. The molecule has 374 valence electrons. The number of halogens is 2. The summed E-state index contributed by atoms with van der Waals surface area (Å²) in [5.41, 5.74) is 3.73. The summed E-state index contributed by atoms with van der Waals surface area (Å²) >= 11 is 0. The fourth-order valence-electron chi connectivity index (χ4n) is 11.2. The van der Waals surface area contributed by atoms with E-state index >= 15 is 4.39 Å². The van der Waals surface area contributed by atoms with E-state index in [0.29, 0.717) is 41.7 Å². The van der Waals surface area contributed by atoms with E-state index < -0.39 is 51.0 Å². The van der Waals surface area contributed by atoms with Gasteiger partial charge < -0.3 is 24.2 Å². The third-order valence-electron chi connectivity index (χ3n) is 15.3. The second-order valence-electron chi connectivity index (χ2n) is 19.7. The van der Waals surface area contributed by atoms with Gasteiger partial charge in [-0.2, -0.15) is 18.0 Å². The molecule has 2 N–H and O–H groups in total. The van der Waals surface area contributed by atoms with Crippen molar-refractivity contribution in [1.29, 1.82) is 5.26 Å². The lowest BCUT2D eigenvalue weighted by molar-refractivity contribution is -0.136. The standard InChI is InChI=1S/C52H53F2N9O8S/c53-34-15-22-61(29-34)72(68,69)58-46-10-8-44(54)49(43(46)27-55)71-39-6-9-45-42(26-39)52(67)63(30-56-45)35-3-1-31(2-4-35)32-13-18-60(19-14-32)37-24-40(25-37)70-38-16-20-59(21-17-38)36-5-7-41-33(23-36)28-62(51(41)66)47-11-12-48(64)57-50(47)65/h1-10,23,26,30,32,34,37-38,40,47,58H,11-22,24-25,28-29H2,(H,57,64,65)/t34-,37-,40-,47?/m1/s1. The molecule has 72 heavy (non-hydrogen) atoms. The fraction of sp³-hybridized carbons (Fsp3) is 0.423. The normalized spacial score (nSPS) is 23.5. The minimum absolute atomic E-state index is 0.0240. The number of anilines is 2. The number of rotatable bonds is 12. The van der Waals surface area contributed by atoms with Crippen LogP contribution in [-0.2, 0) is 31.1 Å². The number of nitrogens with one attached hydrogen (secondary N) is 2. The van der Waals surface area contributed by atoms with E-state index in [-0.39, 0.29) is 66.8 Å². The number of carbonyl (C=O) groups excluding carboxylic acids is 3. The molecule has 6 aliphatic rings. The topological polar surface area (TPSA) is 200 Å². The Labute approximate surface area is 414 Å². The van der Waals surface area contributed by atoms with Crippen LogP contribution in [0.1, 0.15) is 90.8 Å². The quantitative estimate of drug-likeness (QED) is 0.138. The summed E-state index contributed by atoms with van der Waals surface area (Å²) in [4.78, 5) is 62.2. The predicted octanol–water partition coefficient (Wildman–Crippen LogP) is 6.05. The zero-order valence-corrected chi connectivity index (χ0v) is 40.2. The average Bonchev–Trinajstić information content (AvgIpc) is 3.96. The molecule has 5 aromatic rings. The number of carbonyl (C=O) groups is 3. The number of nitrogens with zero attached hydrogens (tertiary/aromatic N) is 7. The first-order chi connectivity index (χ1) is 34.8. The number of alkyl halides is 1. The number of imide groups is 1. The monoisotopic (exact) mass is 1000 g/mol.